The monoisotopic (exact) mass is 304 g/mol. The lowest BCUT2D eigenvalue weighted by molar-refractivity contribution is -0.115. The number of phenols is 2. The fraction of sp³-hybridized carbons (Fsp3) is 0.133. The highest BCUT2D eigenvalue weighted by Gasteiger charge is 2.19. The number of fused-ring (bicyclic) bond motifs is 1. The molecule has 0 aromatic heterocycles. The Labute approximate surface area is 126 Å². The molecule has 2 aromatic carbocycles. The Morgan fingerprint density at radius 1 is 1.19 bits per heavy atom. The predicted molar refractivity (Wildman–Crippen MR) is 80.9 cm³/mol. The SMILES string of the molecule is O=C1Cc2cc(NCc3ccc(O)c(O)c3)c(Cl)cc2N1. The lowest BCUT2D eigenvalue weighted by Gasteiger charge is -2.11. The molecule has 0 aliphatic carbocycles. The van der Waals surface area contributed by atoms with Crippen molar-refractivity contribution < 1.29 is 15.0 Å². The summed E-state index contributed by atoms with van der Waals surface area (Å²) in [7, 11) is 0. The van der Waals surface area contributed by atoms with Crippen LogP contribution in [0.25, 0.3) is 0 Å². The molecule has 0 saturated heterocycles. The average molecular weight is 305 g/mol. The quantitative estimate of drug-likeness (QED) is 0.657. The van der Waals surface area contributed by atoms with Gasteiger partial charge in [-0.1, -0.05) is 17.7 Å². The highest BCUT2D eigenvalue weighted by molar-refractivity contribution is 6.33. The van der Waals surface area contributed by atoms with Crippen molar-refractivity contribution in [2.75, 3.05) is 10.6 Å². The van der Waals surface area contributed by atoms with E-state index in [0.717, 1.165) is 22.5 Å². The molecule has 1 amide bonds. The number of phenolic OH excluding ortho intramolecular Hbond substituents is 2. The molecule has 2 aromatic rings. The van der Waals surface area contributed by atoms with Gasteiger partial charge in [0.2, 0.25) is 5.91 Å². The lowest BCUT2D eigenvalue weighted by Crippen LogP contribution is -2.03. The Hall–Kier alpha value is -2.40. The van der Waals surface area contributed by atoms with E-state index in [1.165, 1.54) is 12.1 Å². The normalized spacial score (nSPS) is 12.9. The second-order valence-corrected chi connectivity index (χ2v) is 5.30. The molecule has 108 valence electrons. The molecule has 0 bridgehead atoms. The largest absolute Gasteiger partial charge is 0.504 e. The molecule has 0 radical (unpaired) electrons. The number of nitrogens with one attached hydrogen (secondary N) is 2. The van der Waals surface area contributed by atoms with Gasteiger partial charge in [-0.15, -0.1) is 0 Å². The van der Waals surface area contributed by atoms with Crippen molar-refractivity contribution in [2.24, 2.45) is 0 Å². The minimum atomic E-state index is -0.163. The number of halogens is 1. The highest BCUT2D eigenvalue weighted by atomic mass is 35.5. The standard InChI is InChI=1S/C15H13ClN2O3/c16-10-6-11-9(5-15(21)18-11)4-12(10)17-7-8-1-2-13(19)14(20)3-8/h1-4,6,17,19-20H,5,7H2,(H,18,21). The van der Waals surface area contributed by atoms with E-state index in [4.69, 9.17) is 11.6 Å². The van der Waals surface area contributed by atoms with Gasteiger partial charge in [-0.05, 0) is 35.4 Å². The van der Waals surface area contributed by atoms with Crippen LogP contribution in [-0.4, -0.2) is 16.1 Å². The smallest absolute Gasteiger partial charge is 0.228 e. The van der Waals surface area contributed by atoms with Crippen LogP contribution in [0, 0.1) is 0 Å². The molecule has 3 rings (SSSR count). The first-order valence-corrected chi connectivity index (χ1v) is 6.78. The van der Waals surface area contributed by atoms with E-state index in [0.29, 0.717) is 18.0 Å². The number of carbonyl (C=O) groups excluding carboxylic acids is 1. The lowest BCUT2D eigenvalue weighted by atomic mass is 10.1. The molecule has 1 aliphatic rings. The number of benzene rings is 2. The van der Waals surface area contributed by atoms with Crippen LogP contribution < -0.4 is 10.6 Å². The van der Waals surface area contributed by atoms with Crippen molar-refractivity contribution in [3.05, 3.63) is 46.5 Å². The Morgan fingerprint density at radius 3 is 2.76 bits per heavy atom. The van der Waals surface area contributed by atoms with Crippen molar-refractivity contribution in [1.29, 1.82) is 0 Å². The maximum Gasteiger partial charge on any atom is 0.228 e. The summed E-state index contributed by atoms with van der Waals surface area (Å²) >= 11 is 6.18. The van der Waals surface area contributed by atoms with Gasteiger partial charge in [0.15, 0.2) is 11.5 Å². The molecule has 4 N–H and O–H groups in total. The van der Waals surface area contributed by atoms with Crippen LogP contribution in [0.4, 0.5) is 11.4 Å². The van der Waals surface area contributed by atoms with Gasteiger partial charge in [-0.3, -0.25) is 4.79 Å². The summed E-state index contributed by atoms with van der Waals surface area (Å²) in [5, 5.41) is 25.1. The molecule has 0 atom stereocenters. The first kappa shape index (κ1) is 13.6. The average Bonchev–Trinajstić information content (AvgIpc) is 2.79. The van der Waals surface area contributed by atoms with E-state index in [2.05, 4.69) is 10.6 Å². The van der Waals surface area contributed by atoms with Gasteiger partial charge in [0.05, 0.1) is 17.1 Å². The summed E-state index contributed by atoms with van der Waals surface area (Å²) in [5.41, 5.74) is 3.17. The highest BCUT2D eigenvalue weighted by Crippen LogP contribution is 2.33. The van der Waals surface area contributed by atoms with E-state index in [1.54, 1.807) is 12.1 Å². The van der Waals surface area contributed by atoms with Crippen LogP contribution in [0.1, 0.15) is 11.1 Å². The summed E-state index contributed by atoms with van der Waals surface area (Å²) < 4.78 is 0. The number of rotatable bonds is 3. The zero-order valence-corrected chi connectivity index (χ0v) is 11.7. The van der Waals surface area contributed by atoms with Crippen molar-refractivity contribution in [2.45, 2.75) is 13.0 Å². The van der Waals surface area contributed by atoms with E-state index in [1.807, 2.05) is 6.07 Å². The second kappa shape index (κ2) is 5.18. The van der Waals surface area contributed by atoms with Crippen LogP contribution in [0.3, 0.4) is 0 Å². The zero-order chi connectivity index (χ0) is 15.0. The zero-order valence-electron chi connectivity index (χ0n) is 11.0. The van der Waals surface area contributed by atoms with Gasteiger partial charge in [0.25, 0.3) is 0 Å². The van der Waals surface area contributed by atoms with Crippen molar-refractivity contribution in [3.8, 4) is 11.5 Å². The minimum absolute atomic E-state index is 0.0401. The van der Waals surface area contributed by atoms with Gasteiger partial charge in [-0.25, -0.2) is 0 Å². The van der Waals surface area contributed by atoms with Gasteiger partial charge in [0.1, 0.15) is 0 Å². The molecule has 21 heavy (non-hydrogen) atoms. The molecule has 5 nitrogen and oxygen atoms in total. The summed E-state index contributed by atoms with van der Waals surface area (Å²) in [4.78, 5) is 11.3. The Balaban J connectivity index is 1.78. The molecular weight excluding hydrogens is 292 g/mol. The fourth-order valence-corrected chi connectivity index (χ4v) is 2.49. The van der Waals surface area contributed by atoms with Crippen molar-refractivity contribution >= 4 is 28.9 Å². The van der Waals surface area contributed by atoms with Gasteiger partial charge < -0.3 is 20.8 Å². The summed E-state index contributed by atoms with van der Waals surface area (Å²) in [6, 6.07) is 8.18. The third-order valence-electron chi connectivity index (χ3n) is 3.34. The summed E-state index contributed by atoms with van der Waals surface area (Å²) in [6.07, 6.45) is 0.348. The molecular formula is C15H13ClN2O3. The first-order chi connectivity index (χ1) is 10.0. The molecule has 0 saturated carbocycles. The van der Waals surface area contributed by atoms with Gasteiger partial charge in [0, 0.05) is 12.2 Å². The van der Waals surface area contributed by atoms with Crippen LogP contribution in [-0.2, 0) is 17.8 Å². The minimum Gasteiger partial charge on any atom is -0.504 e. The van der Waals surface area contributed by atoms with E-state index in [9.17, 15) is 15.0 Å². The fourth-order valence-electron chi connectivity index (χ4n) is 2.26. The molecule has 0 spiro atoms. The summed E-state index contributed by atoms with van der Waals surface area (Å²) in [6.45, 7) is 0.438. The predicted octanol–water partition coefficient (Wildman–Crippen LogP) is 2.86. The molecule has 1 heterocycles. The number of carbonyl (C=O) groups is 1. The van der Waals surface area contributed by atoms with E-state index >= 15 is 0 Å². The van der Waals surface area contributed by atoms with Crippen LogP contribution >= 0.6 is 11.6 Å². The molecule has 6 heteroatoms. The molecule has 0 fully saturated rings. The third kappa shape index (κ3) is 2.73. The molecule has 0 unspecified atom stereocenters. The van der Waals surface area contributed by atoms with Crippen molar-refractivity contribution in [1.82, 2.24) is 0 Å². The van der Waals surface area contributed by atoms with Crippen molar-refractivity contribution in [3.63, 3.8) is 0 Å². The topological polar surface area (TPSA) is 81.6 Å². The Kier molecular flexibility index (Phi) is 3.35. The van der Waals surface area contributed by atoms with Gasteiger partial charge in [-0.2, -0.15) is 0 Å². The van der Waals surface area contributed by atoms with Crippen LogP contribution in [0.2, 0.25) is 5.02 Å². The van der Waals surface area contributed by atoms with Crippen LogP contribution in [0.5, 0.6) is 11.5 Å². The number of amides is 1. The van der Waals surface area contributed by atoms with Crippen LogP contribution in [0.15, 0.2) is 30.3 Å². The maximum atomic E-state index is 11.3. The number of hydrogen-bond donors (Lipinski definition) is 4. The second-order valence-electron chi connectivity index (χ2n) is 4.89. The first-order valence-electron chi connectivity index (χ1n) is 6.40. The number of hydrogen-bond acceptors (Lipinski definition) is 4. The number of anilines is 2. The third-order valence-corrected chi connectivity index (χ3v) is 3.65. The summed E-state index contributed by atoms with van der Waals surface area (Å²) in [5.74, 6) is -0.357. The van der Waals surface area contributed by atoms with E-state index < -0.39 is 0 Å². The maximum absolute atomic E-state index is 11.3. The molecule has 1 aliphatic heterocycles. The van der Waals surface area contributed by atoms with E-state index in [-0.39, 0.29) is 17.4 Å². The Bertz CT molecular complexity index is 731. The Morgan fingerprint density at radius 2 is 2.00 bits per heavy atom. The number of aromatic hydroxyl groups is 2. The van der Waals surface area contributed by atoms with Gasteiger partial charge >= 0.3 is 0 Å².